The summed E-state index contributed by atoms with van der Waals surface area (Å²) in [4.78, 5) is 20.8. The molecule has 11 nitrogen and oxygen atoms in total. The average Bonchev–Trinajstić information content (AvgIpc) is 3.17. The van der Waals surface area contributed by atoms with Gasteiger partial charge >= 0.3 is 5.69 Å². The summed E-state index contributed by atoms with van der Waals surface area (Å²) >= 11 is 0. The summed E-state index contributed by atoms with van der Waals surface area (Å²) < 4.78 is 1.68. The largest absolute Gasteiger partial charge is 0.313 e. The van der Waals surface area contributed by atoms with Gasteiger partial charge in [0.15, 0.2) is 0 Å². The van der Waals surface area contributed by atoms with Crippen LogP contribution in [0.15, 0.2) is 55.1 Å². The number of hydrazine groups is 1. The lowest BCUT2D eigenvalue weighted by Crippen LogP contribution is -2.32. The summed E-state index contributed by atoms with van der Waals surface area (Å²) in [7, 11) is 0. The van der Waals surface area contributed by atoms with Crippen molar-refractivity contribution in [3.8, 4) is 0 Å². The van der Waals surface area contributed by atoms with Crippen molar-refractivity contribution < 1.29 is 9.85 Å². The van der Waals surface area contributed by atoms with Crippen LogP contribution in [0.25, 0.3) is 0 Å². The molecule has 11 heteroatoms. The lowest BCUT2D eigenvalue weighted by atomic mass is 10.1. The average molecular weight is 369 g/mol. The maximum absolute atomic E-state index is 11.3. The zero-order valence-corrected chi connectivity index (χ0v) is 14.1. The lowest BCUT2D eigenvalue weighted by Gasteiger charge is -2.21. The molecule has 27 heavy (non-hydrogen) atoms. The standard InChI is InChI=1S/C16H15N7O4/c1-11-2-4-12(5-3-11)16(21-9-17-18-10-21)20-19-14-7-6-13(22(24)25)8-15(14)23(26)27/h2-10,16,19-20H,1H3. The van der Waals surface area contributed by atoms with Crippen molar-refractivity contribution in [3.05, 3.63) is 86.5 Å². The molecule has 0 saturated heterocycles. The molecule has 1 heterocycles. The van der Waals surface area contributed by atoms with E-state index in [1.807, 2.05) is 31.2 Å². The molecular weight excluding hydrogens is 354 g/mol. The molecule has 0 aliphatic heterocycles. The molecule has 0 radical (unpaired) electrons. The molecule has 1 atom stereocenters. The van der Waals surface area contributed by atoms with E-state index in [2.05, 4.69) is 21.0 Å². The second kappa shape index (κ2) is 7.58. The lowest BCUT2D eigenvalue weighted by molar-refractivity contribution is -0.393. The first-order chi connectivity index (χ1) is 13.0. The summed E-state index contributed by atoms with van der Waals surface area (Å²) in [5.41, 5.74) is 7.01. The fraction of sp³-hybridized carbons (Fsp3) is 0.125. The highest BCUT2D eigenvalue weighted by Crippen LogP contribution is 2.29. The molecule has 138 valence electrons. The van der Waals surface area contributed by atoms with Gasteiger partial charge in [0.1, 0.15) is 24.5 Å². The number of nitro benzene ring substituents is 2. The Morgan fingerprint density at radius 3 is 2.26 bits per heavy atom. The van der Waals surface area contributed by atoms with Crippen LogP contribution in [0.1, 0.15) is 17.3 Å². The Morgan fingerprint density at radius 2 is 1.67 bits per heavy atom. The number of nitrogens with zero attached hydrogens (tertiary/aromatic N) is 5. The Bertz CT molecular complexity index is 957. The van der Waals surface area contributed by atoms with Gasteiger partial charge in [-0.15, -0.1) is 10.2 Å². The van der Waals surface area contributed by atoms with Crippen molar-refractivity contribution in [1.29, 1.82) is 0 Å². The van der Waals surface area contributed by atoms with Crippen molar-refractivity contribution in [2.45, 2.75) is 13.1 Å². The molecule has 0 amide bonds. The van der Waals surface area contributed by atoms with Gasteiger partial charge in [0, 0.05) is 6.07 Å². The number of hydrogen-bond acceptors (Lipinski definition) is 8. The van der Waals surface area contributed by atoms with Crippen LogP contribution < -0.4 is 10.9 Å². The molecule has 3 aromatic rings. The van der Waals surface area contributed by atoms with Crippen LogP contribution >= 0.6 is 0 Å². The van der Waals surface area contributed by atoms with Gasteiger partial charge in [0.05, 0.1) is 15.9 Å². The summed E-state index contributed by atoms with van der Waals surface area (Å²) in [6.07, 6.45) is 2.54. The summed E-state index contributed by atoms with van der Waals surface area (Å²) in [6.45, 7) is 1.96. The van der Waals surface area contributed by atoms with E-state index in [0.717, 1.165) is 17.2 Å². The molecule has 0 spiro atoms. The number of nitro groups is 2. The highest BCUT2D eigenvalue weighted by molar-refractivity contribution is 5.64. The van der Waals surface area contributed by atoms with E-state index in [-0.39, 0.29) is 11.4 Å². The van der Waals surface area contributed by atoms with Crippen LogP contribution in [0.4, 0.5) is 17.1 Å². The van der Waals surface area contributed by atoms with Crippen LogP contribution in [0.2, 0.25) is 0 Å². The smallest absolute Gasteiger partial charge is 0.300 e. The zero-order valence-electron chi connectivity index (χ0n) is 14.1. The molecule has 2 N–H and O–H groups in total. The molecule has 0 saturated carbocycles. The Morgan fingerprint density at radius 1 is 1.00 bits per heavy atom. The predicted molar refractivity (Wildman–Crippen MR) is 95.8 cm³/mol. The first kappa shape index (κ1) is 17.9. The third-order valence-corrected chi connectivity index (χ3v) is 3.86. The van der Waals surface area contributed by atoms with Crippen molar-refractivity contribution in [1.82, 2.24) is 20.2 Å². The molecule has 3 rings (SSSR count). The molecule has 0 aliphatic carbocycles. The Kier molecular flexibility index (Phi) is 5.04. The minimum absolute atomic E-state index is 0.0933. The molecule has 1 aromatic heterocycles. The number of non-ortho nitro benzene ring substituents is 1. The number of benzene rings is 2. The summed E-state index contributed by atoms with van der Waals surface area (Å²) in [5, 5.41) is 29.7. The quantitative estimate of drug-likeness (QED) is 0.478. The van der Waals surface area contributed by atoms with E-state index >= 15 is 0 Å². The van der Waals surface area contributed by atoms with Crippen LogP contribution in [-0.4, -0.2) is 24.6 Å². The number of hydrogen-bond donors (Lipinski definition) is 2. The third-order valence-electron chi connectivity index (χ3n) is 3.86. The van der Waals surface area contributed by atoms with E-state index in [9.17, 15) is 20.2 Å². The van der Waals surface area contributed by atoms with Crippen LogP contribution in [-0.2, 0) is 0 Å². The van der Waals surface area contributed by atoms with Gasteiger partial charge in [0.2, 0.25) is 0 Å². The van der Waals surface area contributed by atoms with E-state index in [4.69, 9.17) is 0 Å². The van der Waals surface area contributed by atoms with Gasteiger partial charge in [0.25, 0.3) is 5.69 Å². The van der Waals surface area contributed by atoms with Crippen molar-refractivity contribution in [2.24, 2.45) is 0 Å². The van der Waals surface area contributed by atoms with Crippen molar-refractivity contribution >= 4 is 17.1 Å². The highest BCUT2D eigenvalue weighted by Gasteiger charge is 2.21. The molecule has 2 aromatic carbocycles. The topological polar surface area (TPSA) is 141 Å². The first-order valence-corrected chi connectivity index (χ1v) is 7.81. The van der Waals surface area contributed by atoms with Crippen molar-refractivity contribution in [3.63, 3.8) is 0 Å². The Hall–Kier alpha value is -3.86. The van der Waals surface area contributed by atoms with E-state index in [1.165, 1.54) is 24.8 Å². The molecule has 0 bridgehead atoms. The molecular formula is C16H15N7O4. The molecule has 1 unspecified atom stereocenters. The Labute approximate surface area is 152 Å². The van der Waals surface area contributed by atoms with Gasteiger partial charge in [-0.05, 0) is 18.6 Å². The van der Waals surface area contributed by atoms with E-state index < -0.39 is 21.7 Å². The second-order valence-electron chi connectivity index (χ2n) is 5.71. The zero-order chi connectivity index (χ0) is 19.4. The minimum Gasteiger partial charge on any atom is -0.313 e. The fourth-order valence-electron chi connectivity index (χ4n) is 2.46. The number of rotatable bonds is 7. The number of aryl methyl sites for hydroxylation is 1. The first-order valence-electron chi connectivity index (χ1n) is 7.81. The van der Waals surface area contributed by atoms with Gasteiger partial charge in [-0.3, -0.25) is 24.8 Å². The monoisotopic (exact) mass is 369 g/mol. The number of nitrogens with one attached hydrogen (secondary N) is 2. The second-order valence-corrected chi connectivity index (χ2v) is 5.71. The SMILES string of the molecule is Cc1ccc(C(NNc2ccc([N+](=O)[O-])cc2[N+](=O)[O-])n2cnnc2)cc1. The normalized spacial score (nSPS) is 11.7. The van der Waals surface area contributed by atoms with Crippen LogP contribution in [0.3, 0.4) is 0 Å². The maximum atomic E-state index is 11.3. The van der Waals surface area contributed by atoms with Crippen molar-refractivity contribution in [2.75, 3.05) is 5.43 Å². The number of anilines is 1. The third kappa shape index (κ3) is 4.04. The highest BCUT2D eigenvalue weighted by atomic mass is 16.6. The van der Waals surface area contributed by atoms with Crippen LogP contribution in [0, 0.1) is 27.2 Å². The number of aromatic nitrogens is 3. The maximum Gasteiger partial charge on any atom is 0.300 e. The Balaban J connectivity index is 1.89. The van der Waals surface area contributed by atoms with Gasteiger partial charge in [-0.1, -0.05) is 29.8 Å². The molecule has 0 aliphatic rings. The van der Waals surface area contributed by atoms with Crippen LogP contribution in [0.5, 0.6) is 0 Å². The van der Waals surface area contributed by atoms with E-state index in [0.29, 0.717) is 0 Å². The minimum atomic E-state index is -0.684. The summed E-state index contributed by atoms with van der Waals surface area (Å²) in [6, 6.07) is 11.0. The molecule has 0 fully saturated rings. The van der Waals surface area contributed by atoms with Gasteiger partial charge in [-0.2, -0.15) is 0 Å². The van der Waals surface area contributed by atoms with Gasteiger partial charge in [-0.25, -0.2) is 5.43 Å². The van der Waals surface area contributed by atoms with Gasteiger partial charge < -0.3 is 5.43 Å². The summed E-state index contributed by atoms with van der Waals surface area (Å²) in [5.74, 6) is 0. The predicted octanol–water partition coefficient (Wildman–Crippen LogP) is 2.57. The van der Waals surface area contributed by atoms with E-state index in [1.54, 1.807) is 4.57 Å². The fourth-order valence-corrected chi connectivity index (χ4v) is 2.46.